The van der Waals surface area contributed by atoms with Crippen LogP contribution in [0.3, 0.4) is 0 Å². The first-order valence-corrected chi connectivity index (χ1v) is 7.51. The second-order valence-corrected chi connectivity index (χ2v) is 6.33. The van der Waals surface area contributed by atoms with Crippen molar-refractivity contribution in [1.82, 2.24) is 14.8 Å². The molecule has 5 nitrogen and oxygen atoms in total. The van der Waals surface area contributed by atoms with E-state index in [1.165, 1.54) is 11.3 Å². The van der Waals surface area contributed by atoms with Crippen molar-refractivity contribution in [3.8, 4) is 0 Å². The van der Waals surface area contributed by atoms with E-state index in [0.717, 1.165) is 24.5 Å². The van der Waals surface area contributed by atoms with E-state index in [1.807, 2.05) is 10.3 Å². The van der Waals surface area contributed by atoms with Gasteiger partial charge in [0.15, 0.2) is 0 Å². The van der Waals surface area contributed by atoms with Crippen LogP contribution in [0.5, 0.6) is 0 Å². The molecule has 1 aromatic rings. The Morgan fingerprint density at radius 1 is 1.58 bits per heavy atom. The average Bonchev–Trinajstić information content (AvgIpc) is 2.95. The summed E-state index contributed by atoms with van der Waals surface area (Å²) in [6, 6.07) is 0.436. The number of aromatic nitrogens is 1. The fourth-order valence-corrected chi connectivity index (χ4v) is 3.39. The third-order valence-corrected chi connectivity index (χ3v) is 4.56. The molecular formula is C13H22N4OS. The summed E-state index contributed by atoms with van der Waals surface area (Å²) in [5.74, 6) is 0.553. The number of nitrogens with zero attached hydrogens (tertiary/aromatic N) is 3. The fourth-order valence-electron chi connectivity index (χ4n) is 2.60. The Morgan fingerprint density at radius 3 is 2.89 bits per heavy atom. The lowest BCUT2D eigenvalue weighted by Crippen LogP contribution is -2.35. The van der Waals surface area contributed by atoms with E-state index < -0.39 is 0 Å². The lowest BCUT2D eigenvalue weighted by Gasteiger charge is -2.22. The topological polar surface area (TPSA) is 62.5 Å². The maximum atomic E-state index is 12.4. The van der Waals surface area contributed by atoms with Crippen molar-refractivity contribution < 1.29 is 4.79 Å². The summed E-state index contributed by atoms with van der Waals surface area (Å²) >= 11 is 1.52. The van der Waals surface area contributed by atoms with E-state index in [9.17, 15) is 4.79 Å². The van der Waals surface area contributed by atoms with Crippen LogP contribution in [-0.4, -0.2) is 60.5 Å². The summed E-state index contributed by atoms with van der Waals surface area (Å²) in [7, 11) is 4.13. The number of likely N-dealkylation sites (tertiary alicyclic amines) is 1. The molecule has 1 fully saturated rings. The lowest BCUT2D eigenvalue weighted by atomic mass is 10.1. The summed E-state index contributed by atoms with van der Waals surface area (Å²) in [5.41, 5.74) is 6.07. The van der Waals surface area contributed by atoms with Gasteiger partial charge in [-0.2, -0.15) is 0 Å². The number of hydrogen-bond acceptors (Lipinski definition) is 5. The molecule has 0 bridgehead atoms. The first kappa shape index (κ1) is 14.4. The molecule has 2 N–H and O–H groups in total. The highest BCUT2D eigenvalue weighted by atomic mass is 32.1. The molecular weight excluding hydrogens is 260 g/mol. The summed E-state index contributed by atoms with van der Waals surface area (Å²) in [6.45, 7) is 4.37. The van der Waals surface area contributed by atoms with Gasteiger partial charge in [0, 0.05) is 30.9 Å². The number of nitrogens with two attached hydrogens (primary N) is 1. The first-order valence-electron chi connectivity index (χ1n) is 6.63. The molecule has 0 spiro atoms. The minimum absolute atomic E-state index is 0.0516. The van der Waals surface area contributed by atoms with Crippen LogP contribution in [0.2, 0.25) is 0 Å². The van der Waals surface area contributed by atoms with Crippen molar-refractivity contribution in [2.45, 2.75) is 19.4 Å². The minimum atomic E-state index is 0.0516. The molecule has 6 heteroatoms. The van der Waals surface area contributed by atoms with E-state index in [4.69, 9.17) is 5.73 Å². The molecule has 0 radical (unpaired) electrons. The quantitative estimate of drug-likeness (QED) is 0.881. The van der Waals surface area contributed by atoms with E-state index in [2.05, 4.69) is 30.9 Å². The number of rotatable bonds is 4. The van der Waals surface area contributed by atoms with Gasteiger partial charge in [-0.3, -0.25) is 4.79 Å². The van der Waals surface area contributed by atoms with Crippen molar-refractivity contribution >= 4 is 17.2 Å². The number of carbonyl (C=O) groups is 1. The third-order valence-electron chi connectivity index (χ3n) is 3.65. The van der Waals surface area contributed by atoms with Crippen LogP contribution in [-0.2, 0) is 6.42 Å². The van der Waals surface area contributed by atoms with Gasteiger partial charge in [-0.05, 0) is 26.6 Å². The molecule has 2 atom stereocenters. The van der Waals surface area contributed by atoms with Gasteiger partial charge in [-0.15, -0.1) is 11.3 Å². The smallest absolute Gasteiger partial charge is 0.273 e. The Kier molecular flexibility index (Phi) is 4.54. The summed E-state index contributed by atoms with van der Waals surface area (Å²) in [6.07, 6.45) is 0.745. The highest BCUT2D eigenvalue weighted by Gasteiger charge is 2.34. The molecule has 1 amide bonds. The fraction of sp³-hybridized carbons (Fsp3) is 0.692. The van der Waals surface area contributed by atoms with E-state index in [-0.39, 0.29) is 5.91 Å². The summed E-state index contributed by atoms with van der Waals surface area (Å²) < 4.78 is 0. The first-order chi connectivity index (χ1) is 9.02. The molecule has 1 saturated heterocycles. The zero-order chi connectivity index (χ0) is 14.0. The van der Waals surface area contributed by atoms with E-state index >= 15 is 0 Å². The largest absolute Gasteiger partial charge is 0.335 e. The number of amides is 1. The monoisotopic (exact) mass is 282 g/mol. The van der Waals surface area contributed by atoms with Gasteiger partial charge in [0.1, 0.15) is 5.69 Å². The highest BCUT2D eigenvalue weighted by molar-refractivity contribution is 7.09. The second-order valence-electron chi connectivity index (χ2n) is 5.38. The van der Waals surface area contributed by atoms with Gasteiger partial charge >= 0.3 is 0 Å². The molecule has 1 aromatic heterocycles. The van der Waals surface area contributed by atoms with Crippen molar-refractivity contribution in [2.75, 3.05) is 33.7 Å². The zero-order valence-electron chi connectivity index (χ0n) is 11.8. The van der Waals surface area contributed by atoms with Crippen LogP contribution in [0.15, 0.2) is 5.38 Å². The molecule has 1 aliphatic heterocycles. The van der Waals surface area contributed by atoms with Crippen molar-refractivity contribution in [1.29, 1.82) is 0 Å². The molecule has 106 valence electrons. The molecule has 2 rings (SSSR count). The van der Waals surface area contributed by atoms with Crippen molar-refractivity contribution in [3.05, 3.63) is 16.1 Å². The molecule has 0 saturated carbocycles. The normalized spacial score (nSPS) is 23.3. The Balaban J connectivity index is 2.04. The van der Waals surface area contributed by atoms with Gasteiger partial charge in [-0.25, -0.2) is 4.98 Å². The van der Waals surface area contributed by atoms with Crippen LogP contribution in [0.25, 0.3) is 0 Å². The van der Waals surface area contributed by atoms with Crippen LogP contribution < -0.4 is 5.73 Å². The van der Waals surface area contributed by atoms with E-state index in [1.54, 1.807) is 0 Å². The maximum absolute atomic E-state index is 12.4. The SMILES string of the molecule is CC1CN(C(=O)c2csc(CCN)n2)CC1N(C)C. The second kappa shape index (κ2) is 5.98. The van der Waals surface area contributed by atoms with Gasteiger partial charge in [0.2, 0.25) is 0 Å². The Bertz CT molecular complexity index is 446. The van der Waals surface area contributed by atoms with Crippen LogP contribution >= 0.6 is 11.3 Å². The van der Waals surface area contributed by atoms with Crippen LogP contribution in [0.4, 0.5) is 0 Å². The van der Waals surface area contributed by atoms with Crippen molar-refractivity contribution in [2.24, 2.45) is 11.7 Å². The van der Waals surface area contributed by atoms with Gasteiger partial charge in [-0.1, -0.05) is 6.92 Å². The predicted molar refractivity (Wildman–Crippen MR) is 77.4 cm³/mol. The molecule has 0 aliphatic carbocycles. The van der Waals surface area contributed by atoms with Gasteiger partial charge < -0.3 is 15.5 Å². The molecule has 19 heavy (non-hydrogen) atoms. The van der Waals surface area contributed by atoms with Gasteiger partial charge in [0.05, 0.1) is 5.01 Å². The third kappa shape index (κ3) is 3.13. The number of carbonyl (C=O) groups excluding carboxylic acids is 1. The summed E-state index contributed by atoms with van der Waals surface area (Å²) in [5, 5.41) is 2.79. The minimum Gasteiger partial charge on any atom is -0.335 e. The number of hydrogen-bond donors (Lipinski definition) is 1. The van der Waals surface area contributed by atoms with E-state index in [0.29, 0.717) is 24.2 Å². The number of likely N-dealkylation sites (N-methyl/N-ethyl adjacent to an activating group) is 1. The molecule has 1 aliphatic rings. The molecule has 2 heterocycles. The average molecular weight is 282 g/mol. The van der Waals surface area contributed by atoms with Crippen molar-refractivity contribution in [3.63, 3.8) is 0 Å². The summed E-state index contributed by atoms with van der Waals surface area (Å²) in [4.78, 5) is 20.9. The Labute approximate surface area is 118 Å². The van der Waals surface area contributed by atoms with Gasteiger partial charge in [0.25, 0.3) is 5.91 Å². The Hall–Kier alpha value is -0.980. The highest BCUT2D eigenvalue weighted by Crippen LogP contribution is 2.22. The zero-order valence-corrected chi connectivity index (χ0v) is 12.6. The molecule has 2 unspecified atom stereocenters. The standard InChI is InChI=1S/C13H22N4OS/c1-9-6-17(7-11(9)16(2)3)13(18)10-8-19-12(15-10)4-5-14/h8-9,11H,4-7,14H2,1-3H3. The lowest BCUT2D eigenvalue weighted by molar-refractivity contribution is 0.0776. The predicted octanol–water partition coefficient (Wildman–Crippen LogP) is 0.666. The van der Waals surface area contributed by atoms with Crippen LogP contribution in [0.1, 0.15) is 22.4 Å². The Morgan fingerprint density at radius 2 is 2.32 bits per heavy atom. The number of thiazole rings is 1. The maximum Gasteiger partial charge on any atom is 0.273 e. The molecule has 0 aromatic carbocycles. The van der Waals surface area contributed by atoms with Crippen LogP contribution in [0, 0.1) is 5.92 Å².